The Hall–Kier alpha value is -2.35. The van der Waals surface area contributed by atoms with Gasteiger partial charge in [0.05, 0.1) is 6.61 Å². The van der Waals surface area contributed by atoms with E-state index in [4.69, 9.17) is 4.74 Å². The van der Waals surface area contributed by atoms with E-state index in [9.17, 15) is 4.79 Å². The van der Waals surface area contributed by atoms with Crippen molar-refractivity contribution >= 4 is 12.0 Å². The van der Waals surface area contributed by atoms with Crippen molar-refractivity contribution in [3.05, 3.63) is 66.2 Å². The van der Waals surface area contributed by atoms with Gasteiger partial charge in [0.25, 0.3) is 0 Å². The first-order valence-corrected chi connectivity index (χ1v) is 6.80. The second kappa shape index (κ2) is 7.29. The number of benzene rings is 2. The third kappa shape index (κ3) is 4.09. The van der Waals surface area contributed by atoms with Crippen molar-refractivity contribution in [1.82, 2.24) is 0 Å². The Morgan fingerprint density at radius 2 is 1.80 bits per heavy atom. The Kier molecular flexibility index (Phi) is 5.13. The van der Waals surface area contributed by atoms with Crippen molar-refractivity contribution < 1.29 is 9.53 Å². The molecule has 0 spiro atoms. The number of carbonyl (C=O) groups is 1. The molecule has 0 N–H and O–H groups in total. The summed E-state index contributed by atoms with van der Waals surface area (Å²) in [5.74, 6) is -0.294. The molecule has 0 saturated carbocycles. The molecule has 0 aliphatic carbocycles. The van der Waals surface area contributed by atoms with Gasteiger partial charge in [0.2, 0.25) is 0 Å². The largest absolute Gasteiger partial charge is 0.463 e. The lowest BCUT2D eigenvalue weighted by atomic mass is 10.0. The molecule has 0 amide bonds. The molecule has 0 aliphatic rings. The zero-order valence-electron chi connectivity index (χ0n) is 11.6. The van der Waals surface area contributed by atoms with Gasteiger partial charge in [-0.1, -0.05) is 55.5 Å². The summed E-state index contributed by atoms with van der Waals surface area (Å²) < 4.78 is 5.00. The molecule has 102 valence electrons. The van der Waals surface area contributed by atoms with Gasteiger partial charge < -0.3 is 4.74 Å². The van der Waals surface area contributed by atoms with E-state index in [1.807, 2.05) is 37.3 Å². The average molecular weight is 266 g/mol. The SMILES string of the molecule is CCCOC(=O)/C=C/c1cccc(-c2ccccc2)c1. The quantitative estimate of drug-likeness (QED) is 0.595. The zero-order chi connectivity index (χ0) is 14.2. The lowest BCUT2D eigenvalue weighted by Crippen LogP contribution is -2.00. The van der Waals surface area contributed by atoms with E-state index in [0.717, 1.165) is 23.1 Å². The summed E-state index contributed by atoms with van der Waals surface area (Å²) in [6.45, 7) is 2.44. The first kappa shape index (κ1) is 14.1. The molecule has 2 nitrogen and oxygen atoms in total. The minimum Gasteiger partial charge on any atom is -0.463 e. The van der Waals surface area contributed by atoms with Crippen LogP contribution in [-0.4, -0.2) is 12.6 Å². The van der Waals surface area contributed by atoms with E-state index in [-0.39, 0.29) is 5.97 Å². The van der Waals surface area contributed by atoms with Gasteiger partial charge in [-0.15, -0.1) is 0 Å². The maximum absolute atomic E-state index is 11.4. The van der Waals surface area contributed by atoms with Crippen molar-refractivity contribution in [3.8, 4) is 11.1 Å². The number of ether oxygens (including phenoxy) is 1. The van der Waals surface area contributed by atoms with Gasteiger partial charge in [-0.2, -0.15) is 0 Å². The molecule has 0 radical (unpaired) electrons. The van der Waals surface area contributed by atoms with Gasteiger partial charge in [0.1, 0.15) is 0 Å². The van der Waals surface area contributed by atoms with Crippen LogP contribution in [0.1, 0.15) is 18.9 Å². The molecule has 0 aliphatic heterocycles. The first-order chi connectivity index (χ1) is 9.79. The van der Waals surface area contributed by atoms with Crippen molar-refractivity contribution in [2.24, 2.45) is 0 Å². The Balaban J connectivity index is 2.11. The van der Waals surface area contributed by atoms with Crippen LogP contribution in [0.4, 0.5) is 0 Å². The highest BCUT2D eigenvalue weighted by atomic mass is 16.5. The van der Waals surface area contributed by atoms with Crippen molar-refractivity contribution in [1.29, 1.82) is 0 Å². The molecule has 0 heterocycles. The topological polar surface area (TPSA) is 26.3 Å². The lowest BCUT2D eigenvalue weighted by Gasteiger charge is -2.02. The average Bonchev–Trinajstić information content (AvgIpc) is 2.52. The molecule has 0 fully saturated rings. The number of rotatable bonds is 5. The van der Waals surface area contributed by atoms with Crippen molar-refractivity contribution in [2.75, 3.05) is 6.61 Å². The number of hydrogen-bond donors (Lipinski definition) is 0. The van der Waals surface area contributed by atoms with Crippen LogP contribution in [0.3, 0.4) is 0 Å². The Bertz CT molecular complexity index is 585. The third-order valence-electron chi connectivity index (χ3n) is 2.85. The predicted octanol–water partition coefficient (Wildman–Crippen LogP) is 4.32. The molecule has 2 aromatic carbocycles. The first-order valence-electron chi connectivity index (χ1n) is 6.80. The molecule has 2 aromatic rings. The molecule has 2 heteroatoms. The van der Waals surface area contributed by atoms with Gasteiger partial charge in [-0.3, -0.25) is 0 Å². The van der Waals surface area contributed by atoms with Gasteiger partial charge in [0.15, 0.2) is 0 Å². The van der Waals surface area contributed by atoms with Crippen LogP contribution in [0, 0.1) is 0 Å². The molecular formula is C18H18O2. The number of esters is 1. The van der Waals surface area contributed by atoms with Gasteiger partial charge in [0, 0.05) is 6.08 Å². The minimum atomic E-state index is -0.294. The molecule has 0 bridgehead atoms. The maximum Gasteiger partial charge on any atom is 0.330 e. The highest BCUT2D eigenvalue weighted by molar-refractivity contribution is 5.87. The predicted molar refractivity (Wildman–Crippen MR) is 82.2 cm³/mol. The second-order valence-electron chi connectivity index (χ2n) is 4.49. The summed E-state index contributed by atoms with van der Waals surface area (Å²) in [5, 5.41) is 0. The normalized spacial score (nSPS) is 10.7. The molecule has 0 atom stereocenters. The highest BCUT2D eigenvalue weighted by Crippen LogP contribution is 2.20. The van der Waals surface area contributed by atoms with Crippen LogP contribution in [0.25, 0.3) is 17.2 Å². The van der Waals surface area contributed by atoms with E-state index in [0.29, 0.717) is 6.61 Å². The fourth-order valence-corrected chi connectivity index (χ4v) is 1.87. The summed E-state index contributed by atoms with van der Waals surface area (Å²) in [4.78, 5) is 11.4. The number of carbonyl (C=O) groups excluding carboxylic acids is 1. The van der Waals surface area contributed by atoms with E-state index in [1.54, 1.807) is 6.08 Å². The van der Waals surface area contributed by atoms with E-state index in [2.05, 4.69) is 24.3 Å². The van der Waals surface area contributed by atoms with Crippen LogP contribution in [0.2, 0.25) is 0 Å². The minimum absolute atomic E-state index is 0.294. The molecule has 0 unspecified atom stereocenters. The molecule has 2 rings (SSSR count). The lowest BCUT2D eigenvalue weighted by molar-refractivity contribution is -0.137. The molecular weight excluding hydrogens is 248 g/mol. The van der Waals surface area contributed by atoms with E-state index in [1.165, 1.54) is 6.08 Å². The second-order valence-corrected chi connectivity index (χ2v) is 4.49. The van der Waals surface area contributed by atoms with E-state index >= 15 is 0 Å². The molecule has 20 heavy (non-hydrogen) atoms. The summed E-state index contributed by atoms with van der Waals surface area (Å²) in [7, 11) is 0. The Morgan fingerprint density at radius 3 is 2.55 bits per heavy atom. The fraction of sp³-hybridized carbons (Fsp3) is 0.167. The van der Waals surface area contributed by atoms with Crippen LogP contribution in [-0.2, 0) is 9.53 Å². The fourth-order valence-electron chi connectivity index (χ4n) is 1.87. The van der Waals surface area contributed by atoms with Crippen LogP contribution in [0.5, 0.6) is 0 Å². The summed E-state index contributed by atoms with van der Waals surface area (Å²) >= 11 is 0. The van der Waals surface area contributed by atoms with Crippen LogP contribution in [0.15, 0.2) is 60.7 Å². The summed E-state index contributed by atoms with van der Waals surface area (Å²) in [5.41, 5.74) is 3.28. The van der Waals surface area contributed by atoms with Crippen LogP contribution >= 0.6 is 0 Å². The molecule has 0 aromatic heterocycles. The van der Waals surface area contributed by atoms with Gasteiger partial charge >= 0.3 is 5.97 Å². The number of hydrogen-bond acceptors (Lipinski definition) is 2. The Morgan fingerprint density at radius 1 is 1.05 bits per heavy atom. The van der Waals surface area contributed by atoms with Crippen molar-refractivity contribution in [3.63, 3.8) is 0 Å². The van der Waals surface area contributed by atoms with Crippen molar-refractivity contribution in [2.45, 2.75) is 13.3 Å². The van der Waals surface area contributed by atoms with Crippen LogP contribution < -0.4 is 0 Å². The third-order valence-corrected chi connectivity index (χ3v) is 2.85. The maximum atomic E-state index is 11.4. The summed E-state index contributed by atoms with van der Waals surface area (Å²) in [6.07, 6.45) is 4.09. The standard InChI is InChI=1S/C18H18O2/c1-2-13-20-18(19)12-11-15-7-6-10-17(14-15)16-8-4-3-5-9-16/h3-12,14H,2,13H2,1H3/b12-11+. The van der Waals surface area contributed by atoms with E-state index < -0.39 is 0 Å². The van der Waals surface area contributed by atoms with Gasteiger partial charge in [-0.05, 0) is 35.3 Å². The highest BCUT2D eigenvalue weighted by Gasteiger charge is 1.98. The molecule has 0 saturated heterocycles. The zero-order valence-corrected chi connectivity index (χ0v) is 11.6. The summed E-state index contributed by atoms with van der Waals surface area (Å²) in [6, 6.07) is 18.2. The Labute approximate surface area is 119 Å². The van der Waals surface area contributed by atoms with Gasteiger partial charge in [-0.25, -0.2) is 4.79 Å². The monoisotopic (exact) mass is 266 g/mol. The smallest absolute Gasteiger partial charge is 0.330 e.